The number of hydrogen-bond acceptors (Lipinski definition) is 2. The number of nitrogens with one attached hydrogen (secondary N) is 1. The van der Waals surface area contributed by atoms with E-state index in [1.807, 2.05) is 0 Å². The molecule has 0 aliphatic heterocycles. The van der Waals surface area contributed by atoms with Gasteiger partial charge in [-0.05, 0) is 25.7 Å². The molecule has 1 aromatic heterocycles. The Balaban J connectivity index is 2.18. The van der Waals surface area contributed by atoms with Gasteiger partial charge in [-0.25, -0.2) is 0 Å². The maximum absolute atomic E-state index is 4.05. The van der Waals surface area contributed by atoms with Crippen molar-refractivity contribution in [2.45, 2.75) is 38.5 Å². The molecule has 1 heterocycles. The van der Waals surface area contributed by atoms with Crippen molar-refractivity contribution in [2.75, 3.05) is 0 Å². The van der Waals surface area contributed by atoms with Gasteiger partial charge in [0.2, 0.25) is 0 Å². The van der Waals surface area contributed by atoms with Crippen LogP contribution in [0.1, 0.15) is 37.1 Å². The van der Waals surface area contributed by atoms with Crippen LogP contribution in [0.2, 0.25) is 0 Å². The Morgan fingerprint density at radius 1 is 1.00 bits per heavy atom. The molecule has 0 unspecified atom stereocenters. The smallest absolute Gasteiger partial charge is 0.0856 e. The van der Waals surface area contributed by atoms with Crippen molar-refractivity contribution < 1.29 is 0 Å². The zero-order chi connectivity index (χ0) is 7.52. The molecule has 1 aliphatic rings. The molecule has 0 radical (unpaired) electrons. The Morgan fingerprint density at radius 3 is 2.73 bits per heavy atom. The molecule has 1 aromatic rings. The van der Waals surface area contributed by atoms with Crippen molar-refractivity contribution in [1.82, 2.24) is 15.4 Å². The first-order valence-electron chi connectivity index (χ1n) is 4.35. The Hall–Kier alpha value is -0.860. The highest BCUT2D eigenvalue weighted by atomic mass is 15.3. The van der Waals surface area contributed by atoms with E-state index in [0.717, 1.165) is 12.8 Å². The average molecular weight is 151 g/mol. The zero-order valence-corrected chi connectivity index (χ0v) is 6.64. The van der Waals surface area contributed by atoms with Gasteiger partial charge in [-0.3, -0.25) is 5.10 Å². The van der Waals surface area contributed by atoms with E-state index in [0.29, 0.717) is 0 Å². The lowest BCUT2D eigenvalue weighted by molar-refractivity contribution is 0.608. The minimum Gasteiger partial charge on any atom is -0.262 e. The molecule has 0 amide bonds. The molecule has 0 aromatic carbocycles. The maximum atomic E-state index is 4.05. The van der Waals surface area contributed by atoms with Crippen molar-refractivity contribution >= 4 is 0 Å². The summed E-state index contributed by atoms with van der Waals surface area (Å²) in [6, 6.07) is 0. The van der Waals surface area contributed by atoms with Gasteiger partial charge < -0.3 is 0 Å². The van der Waals surface area contributed by atoms with Crippen LogP contribution in [-0.4, -0.2) is 15.4 Å². The molecule has 1 aliphatic carbocycles. The van der Waals surface area contributed by atoms with Gasteiger partial charge >= 0.3 is 0 Å². The Labute approximate surface area is 66.2 Å². The Bertz CT molecular complexity index is 206. The van der Waals surface area contributed by atoms with Crippen LogP contribution < -0.4 is 0 Å². The van der Waals surface area contributed by atoms with Gasteiger partial charge in [0.25, 0.3) is 0 Å². The molecule has 3 nitrogen and oxygen atoms in total. The Kier molecular flexibility index (Phi) is 1.88. The highest BCUT2D eigenvalue weighted by Gasteiger charge is 2.08. The summed E-state index contributed by atoms with van der Waals surface area (Å²) in [6.07, 6.45) is 7.54. The van der Waals surface area contributed by atoms with E-state index in [9.17, 15) is 0 Å². The van der Waals surface area contributed by atoms with E-state index in [1.54, 1.807) is 0 Å². The predicted molar refractivity (Wildman–Crippen MR) is 42.3 cm³/mol. The van der Waals surface area contributed by atoms with E-state index < -0.39 is 0 Å². The molecule has 60 valence electrons. The number of hydrogen-bond donors (Lipinski definition) is 1. The van der Waals surface area contributed by atoms with Crippen LogP contribution in [0.3, 0.4) is 0 Å². The summed E-state index contributed by atoms with van der Waals surface area (Å²) >= 11 is 0. The number of aromatic nitrogens is 3. The lowest BCUT2D eigenvalue weighted by Crippen LogP contribution is -1.98. The molecule has 0 atom stereocenters. The molecule has 0 fully saturated rings. The summed E-state index contributed by atoms with van der Waals surface area (Å²) < 4.78 is 0. The maximum Gasteiger partial charge on any atom is 0.0856 e. The fourth-order valence-corrected chi connectivity index (χ4v) is 1.62. The lowest BCUT2D eigenvalue weighted by atomic mass is 10.0. The second kappa shape index (κ2) is 3.03. The van der Waals surface area contributed by atoms with Gasteiger partial charge in [-0.1, -0.05) is 18.1 Å². The molecule has 2 rings (SSSR count). The van der Waals surface area contributed by atoms with Gasteiger partial charge in [-0.15, -0.1) is 5.10 Å². The van der Waals surface area contributed by atoms with Crippen LogP contribution >= 0.6 is 0 Å². The minimum absolute atomic E-state index is 1.12. The normalized spacial score (nSPS) is 18.5. The monoisotopic (exact) mass is 151 g/mol. The lowest BCUT2D eigenvalue weighted by Gasteiger charge is -2.05. The van der Waals surface area contributed by atoms with E-state index in [4.69, 9.17) is 0 Å². The summed E-state index contributed by atoms with van der Waals surface area (Å²) in [6.45, 7) is 0. The molecular formula is C8H13N3. The molecular weight excluding hydrogens is 138 g/mol. The van der Waals surface area contributed by atoms with Crippen LogP contribution in [0, 0.1) is 0 Å². The number of fused-ring (bicyclic) bond motifs is 1. The van der Waals surface area contributed by atoms with Crippen LogP contribution in [0.5, 0.6) is 0 Å². The van der Waals surface area contributed by atoms with Crippen LogP contribution in [0.25, 0.3) is 0 Å². The summed E-state index contributed by atoms with van der Waals surface area (Å²) in [4.78, 5) is 0. The predicted octanol–water partition coefficient (Wildman–Crippen LogP) is 1.46. The highest BCUT2D eigenvalue weighted by Crippen LogP contribution is 2.15. The summed E-state index contributed by atoms with van der Waals surface area (Å²) in [5.74, 6) is 0. The van der Waals surface area contributed by atoms with E-state index in [2.05, 4.69) is 15.4 Å². The first kappa shape index (κ1) is 6.83. The fourth-order valence-electron chi connectivity index (χ4n) is 1.62. The van der Waals surface area contributed by atoms with E-state index >= 15 is 0 Å². The second-order valence-electron chi connectivity index (χ2n) is 3.15. The van der Waals surface area contributed by atoms with E-state index in [-0.39, 0.29) is 0 Å². The standard InChI is InChI=1S/C8H13N3/c1-2-4-6-8-7(5-3-1)9-11-10-8/h1-6H2,(H,9,10,11). The number of aromatic amines is 1. The molecule has 0 saturated heterocycles. The molecule has 1 N–H and O–H groups in total. The van der Waals surface area contributed by atoms with Gasteiger partial charge in [-0.2, -0.15) is 0 Å². The fraction of sp³-hybridized carbons (Fsp3) is 0.750. The zero-order valence-electron chi connectivity index (χ0n) is 6.64. The molecule has 0 bridgehead atoms. The van der Waals surface area contributed by atoms with Crippen LogP contribution in [-0.2, 0) is 12.8 Å². The third kappa shape index (κ3) is 1.42. The number of aryl methyl sites for hydroxylation is 2. The van der Waals surface area contributed by atoms with Crippen molar-refractivity contribution in [1.29, 1.82) is 0 Å². The van der Waals surface area contributed by atoms with Crippen molar-refractivity contribution in [3.05, 3.63) is 11.4 Å². The van der Waals surface area contributed by atoms with Gasteiger partial charge in [0, 0.05) is 0 Å². The van der Waals surface area contributed by atoms with Crippen molar-refractivity contribution in [3.63, 3.8) is 0 Å². The van der Waals surface area contributed by atoms with Crippen molar-refractivity contribution in [3.8, 4) is 0 Å². The Morgan fingerprint density at radius 2 is 1.82 bits per heavy atom. The van der Waals surface area contributed by atoms with Gasteiger partial charge in [0.15, 0.2) is 0 Å². The topological polar surface area (TPSA) is 41.6 Å². The highest BCUT2D eigenvalue weighted by molar-refractivity contribution is 5.09. The average Bonchev–Trinajstić information content (AvgIpc) is 2.35. The first-order valence-corrected chi connectivity index (χ1v) is 4.35. The van der Waals surface area contributed by atoms with Crippen molar-refractivity contribution in [2.24, 2.45) is 0 Å². The molecule has 0 saturated carbocycles. The van der Waals surface area contributed by atoms with Gasteiger partial charge in [0.05, 0.1) is 11.4 Å². The largest absolute Gasteiger partial charge is 0.262 e. The number of nitrogens with zero attached hydrogens (tertiary/aromatic N) is 2. The summed E-state index contributed by atoms with van der Waals surface area (Å²) in [5, 5.41) is 10.8. The SMILES string of the molecule is C1CCCc2[nH]nnc2CC1. The third-order valence-corrected chi connectivity index (χ3v) is 2.29. The van der Waals surface area contributed by atoms with Crippen LogP contribution in [0.4, 0.5) is 0 Å². The third-order valence-electron chi connectivity index (χ3n) is 2.29. The second-order valence-corrected chi connectivity index (χ2v) is 3.15. The number of H-pyrrole nitrogens is 1. The van der Waals surface area contributed by atoms with Gasteiger partial charge in [0.1, 0.15) is 0 Å². The molecule has 11 heavy (non-hydrogen) atoms. The van der Waals surface area contributed by atoms with E-state index in [1.165, 1.54) is 37.1 Å². The van der Waals surface area contributed by atoms with Crippen LogP contribution in [0.15, 0.2) is 0 Å². The summed E-state index contributed by atoms with van der Waals surface area (Å²) in [5.41, 5.74) is 2.47. The number of rotatable bonds is 0. The molecule has 3 heteroatoms. The molecule has 0 spiro atoms. The quantitative estimate of drug-likeness (QED) is 0.610. The minimum atomic E-state index is 1.12. The first-order chi connectivity index (χ1) is 5.47. The summed E-state index contributed by atoms with van der Waals surface area (Å²) in [7, 11) is 0.